The minimum Gasteiger partial charge on any atom is -0.486 e. The maximum Gasteiger partial charge on any atom is 0.244 e. The Bertz CT molecular complexity index is 896. The van der Waals surface area contributed by atoms with E-state index in [1.54, 1.807) is 24.7 Å². The number of rotatable bonds is 4. The van der Waals surface area contributed by atoms with Crippen molar-refractivity contribution >= 4 is 10.0 Å². The van der Waals surface area contributed by atoms with Crippen LogP contribution in [0.25, 0.3) is 0 Å². The van der Waals surface area contributed by atoms with Crippen LogP contribution in [0, 0.1) is 0 Å². The van der Waals surface area contributed by atoms with E-state index in [1.165, 1.54) is 6.07 Å². The van der Waals surface area contributed by atoms with Gasteiger partial charge in [0.15, 0.2) is 11.5 Å². The van der Waals surface area contributed by atoms with Gasteiger partial charge in [-0.3, -0.25) is 0 Å². The molecule has 26 heavy (non-hydrogen) atoms. The maximum absolute atomic E-state index is 12.9. The van der Waals surface area contributed by atoms with E-state index in [0.717, 1.165) is 5.69 Å². The van der Waals surface area contributed by atoms with Crippen LogP contribution in [0.3, 0.4) is 0 Å². The molecular formula is C17H21N3O5S. The molecule has 1 fully saturated rings. The fourth-order valence-electron chi connectivity index (χ4n) is 3.33. The Balaban J connectivity index is 1.54. The SMILES string of the molecule is Cn1cncc1[C@@H]1C[C@@H](NS(=O)(=O)c2cccc3c2OCCO3)CCO1. The van der Waals surface area contributed by atoms with Crippen molar-refractivity contribution in [3.8, 4) is 11.5 Å². The zero-order chi connectivity index (χ0) is 18.1. The summed E-state index contributed by atoms with van der Waals surface area (Å²) in [5, 5.41) is 0. The van der Waals surface area contributed by atoms with Gasteiger partial charge in [-0.2, -0.15) is 0 Å². The lowest BCUT2D eigenvalue weighted by atomic mass is 10.0. The van der Waals surface area contributed by atoms with Crippen molar-refractivity contribution in [1.29, 1.82) is 0 Å². The van der Waals surface area contributed by atoms with E-state index >= 15 is 0 Å². The summed E-state index contributed by atoms with van der Waals surface area (Å²) in [5.41, 5.74) is 0.933. The summed E-state index contributed by atoms with van der Waals surface area (Å²) >= 11 is 0. The average molecular weight is 379 g/mol. The molecule has 1 N–H and O–H groups in total. The molecule has 2 aliphatic rings. The van der Waals surface area contributed by atoms with E-state index in [-0.39, 0.29) is 22.8 Å². The number of nitrogens with one attached hydrogen (secondary N) is 1. The van der Waals surface area contributed by atoms with Gasteiger partial charge in [0.2, 0.25) is 10.0 Å². The van der Waals surface area contributed by atoms with Crippen molar-refractivity contribution in [1.82, 2.24) is 14.3 Å². The second kappa shape index (κ2) is 6.90. The summed E-state index contributed by atoms with van der Waals surface area (Å²) in [5.74, 6) is 0.736. The monoisotopic (exact) mass is 379 g/mol. The molecule has 4 rings (SSSR count). The fraction of sp³-hybridized carbons (Fsp3) is 0.471. The Morgan fingerprint density at radius 3 is 2.88 bits per heavy atom. The highest BCUT2D eigenvalue weighted by Crippen LogP contribution is 2.37. The van der Waals surface area contributed by atoms with Crippen LogP contribution >= 0.6 is 0 Å². The molecule has 2 aliphatic heterocycles. The van der Waals surface area contributed by atoms with Gasteiger partial charge in [-0.05, 0) is 25.0 Å². The van der Waals surface area contributed by atoms with Crippen LogP contribution in [0.2, 0.25) is 0 Å². The second-order valence-electron chi connectivity index (χ2n) is 6.41. The number of para-hydroxylation sites is 1. The van der Waals surface area contributed by atoms with Crippen molar-refractivity contribution in [2.24, 2.45) is 7.05 Å². The first-order valence-electron chi connectivity index (χ1n) is 8.53. The highest BCUT2D eigenvalue weighted by atomic mass is 32.2. The van der Waals surface area contributed by atoms with Crippen molar-refractivity contribution < 1.29 is 22.6 Å². The summed E-state index contributed by atoms with van der Waals surface area (Å²) in [6.45, 7) is 1.23. The van der Waals surface area contributed by atoms with E-state index in [4.69, 9.17) is 14.2 Å². The van der Waals surface area contributed by atoms with Crippen LogP contribution in [0.1, 0.15) is 24.6 Å². The molecule has 0 bridgehead atoms. The first kappa shape index (κ1) is 17.3. The van der Waals surface area contributed by atoms with Crippen LogP contribution in [-0.2, 0) is 21.8 Å². The number of hydrogen-bond donors (Lipinski definition) is 1. The van der Waals surface area contributed by atoms with E-state index < -0.39 is 10.0 Å². The highest BCUT2D eigenvalue weighted by Gasteiger charge is 2.31. The van der Waals surface area contributed by atoms with E-state index in [9.17, 15) is 8.42 Å². The van der Waals surface area contributed by atoms with Gasteiger partial charge >= 0.3 is 0 Å². The van der Waals surface area contributed by atoms with E-state index in [2.05, 4.69) is 9.71 Å². The van der Waals surface area contributed by atoms with Crippen LogP contribution in [0.15, 0.2) is 35.6 Å². The number of aromatic nitrogens is 2. The lowest BCUT2D eigenvalue weighted by Gasteiger charge is -2.30. The topological polar surface area (TPSA) is 91.7 Å². The summed E-state index contributed by atoms with van der Waals surface area (Å²) in [6, 6.07) is 4.67. The largest absolute Gasteiger partial charge is 0.486 e. The van der Waals surface area contributed by atoms with Crippen molar-refractivity contribution in [3.63, 3.8) is 0 Å². The lowest BCUT2D eigenvalue weighted by molar-refractivity contribution is -0.0000529. The third kappa shape index (κ3) is 3.29. The van der Waals surface area contributed by atoms with Gasteiger partial charge < -0.3 is 18.8 Å². The molecule has 0 radical (unpaired) electrons. The third-order valence-electron chi connectivity index (χ3n) is 4.61. The fourth-order valence-corrected chi connectivity index (χ4v) is 4.77. The third-order valence-corrected chi connectivity index (χ3v) is 6.15. The zero-order valence-electron chi connectivity index (χ0n) is 14.4. The van der Waals surface area contributed by atoms with Crippen molar-refractivity contribution in [3.05, 3.63) is 36.4 Å². The van der Waals surface area contributed by atoms with E-state index in [0.29, 0.717) is 38.4 Å². The molecule has 0 aliphatic carbocycles. The molecule has 8 nitrogen and oxygen atoms in total. The molecule has 0 unspecified atom stereocenters. The number of ether oxygens (including phenoxy) is 3. The minimum atomic E-state index is -3.74. The van der Waals surface area contributed by atoms with Gasteiger partial charge in [0, 0.05) is 19.7 Å². The number of imidazole rings is 1. The quantitative estimate of drug-likeness (QED) is 0.863. The number of nitrogens with zero attached hydrogens (tertiary/aromatic N) is 2. The molecule has 1 aromatic carbocycles. The Labute approximate surface area is 152 Å². The number of hydrogen-bond acceptors (Lipinski definition) is 6. The Morgan fingerprint density at radius 2 is 2.08 bits per heavy atom. The predicted octanol–water partition coefficient (Wildman–Crippen LogP) is 1.39. The second-order valence-corrected chi connectivity index (χ2v) is 8.09. The average Bonchev–Trinajstić information content (AvgIpc) is 3.07. The van der Waals surface area contributed by atoms with Crippen molar-refractivity contribution in [2.75, 3.05) is 19.8 Å². The molecular weight excluding hydrogens is 358 g/mol. The molecule has 0 spiro atoms. The summed E-state index contributed by atoms with van der Waals surface area (Å²) < 4.78 is 47.4. The van der Waals surface area contributed by atoms with Crippen molar-refractivity contribution in [2.45, 2.75) is 29.9 Å². The first-order chi connectivity index (χ1) is 12.5. The molecule has 0 amide bonds. The number of sulfonamides is 1. The highest BCUT2D eigenvalue weighted by molar-refractivity contribution is 7.89. The van der Waals surface area contributed by atoms with Gasteiger partial charge in [-0.25, -0.2) is 18.1 Å². The predicted molar refractivity (Wildman–Crippen MR) is 92.7 cm³/mol. The molecule has 0 saturated carbocycles. The molecule has 3 heterocycles. The summed E-state index contributed by atoms with van der Waals surface area (Å²) in [7, 11) is -1.84. The van der Waals surface area contributed by atoms with E-state index in [1.807, 2.05) is 11.6 Å². The Kier molecular flexibility index (Phi) is 4.60. The smallest absolute Gasteiger partial charge is 0.244 e. The lowest BCUT2D eigenvalue weighted by Crippen LogP contribution is -2.40. The van der Waals surface area contributed by atoms with Crippen LogP contribution in [0.5, 0.6) is 11.5 Å². The van der Waals surface area contributed by atoms with Gasteiger partial charge in [-0.15, -0.1) is 0 Å². The van der Waals surface area contributed by atoms with Gasteiger partial charge in [0.1, 0.15) is 24.2 Å². The number of benzene rings is 1. The van der Waals surface area contributed by atoms with Crippen LogP contribution in [0.4, 0.5) is 0 Å². The van der Waals surface area contributed by atoms with Crippen LogP contribution in [-0.4, -0.2) is 43.8 Å². The molecule has 2 atom stereocenters. The zero-order valence-corrected chi connectivity index (χ0v) is 15.2. The molecule has 9 heteroatoms. The number of fused-ring (bicyclic) bond motifs is 1. The molecule has 1 saturated heterocycles. The summed E-state index contributed by atoms with van der Waals surface area (Å²) in [6.07, 6.45) is 4.43. The first-order valence-corrected chi connectivity index (χ1v) is 10.0. The van der Waals surface area contributed by atoms with Gasteiger partial charge in [-0.1, -0.05) is 6.07 Å². The normalized spacial score (nSPS) is 23.0. The molecule has 1 aromatic heterocycles. The van der Waals surface area contributed by atoms with Gasteiger partial charge in [0.25, 0.3) is 0 Å². The van der Waals surface area contributed by atoms with Crippen LogP contribution < -0.4 is 14.2 Å². The maximum atomic E-state index is 12.9. The minimum absolute atomic E-state index is 0.110. The summed E-state index contributed by atoms with van der Waals surface area (Å²) in [4.78, 5) is 4.22. The van der Waals surface area contributed by atoms with Gasteiger partial charge in [0.05, 0.1) is 18.2 Å². The molecule has 2 aromatic rings. The Hall–Kier alpha value is -2.10. The standard InChI is InChI=1S/C17H21N3O5S/c1-20-11-18-10-13(20)15-9-12(5-6-23-15)19-26(21,22)16-4-2-3-14-17(16)25-8-7-24-14/h2-4,10-12,15,19H,5-9H2,1H3/t12-,15-/m0/s1. The Morgan fingerprint density at radius 1 is 1.23 bits per heavy atom. The molecule has 140 valence electrons. The number of aryl methyl sites for hydroxylation is 1.